The number of hydrogen-bond donors (Lipinski definition) is 1. The molecule has 0 saturated heterocycles. The summed E-state index contributed by atoms with van der Waals surface area (Å²) in [6, 6.07) is 32.2. The van der Waals surface area contributed by atoms with Gasteiger partial charge < -0.3 is 4.74 Å². The number of rotatable bonds is 3. The molecule has 0 radical (unpaired) electrons. The van der Waals surface area contributed by atoms with Gasteiger partial charge in [0.2, 0.25) is 6.23 Å². The summed E-state index contributed by atoms with van der Waals surface area (Å²) in [6.07, 6.45) is -0.532. The van der Waals surface area contributed by atoms with Crippen LogP contribution in [0.2, 0.25) is 0 Å². The quantitative estimate of drug-likeness (QED) is 0.488. The molecule has 0 aromatic heterocycles. The maximum Gasteiger partial charge on any atom is 0.206 e. The topological polar surface area (TPSA) is 32.7 Å². The van der Waals surface area contributed by atoms with Gasteiger partial charge >= 0.3 is 0 Å². The summed E-state index contributed by atoms with van der Waals surface area (Å²) in [4.78, 5) is 0. The number of hydroxylamine groups is 1. The Morgan fingerprint density at radius 3 is 2.15 bits per heavy atom. The van der Waals surface area contributed by atoms with Crippen molar-refractivity contribution in [2.45, 2.75) is 12.1 Å². The van der Waals surface area contributed by atoms with Crippen LogP contribution < -0.4 is 9.80 Å². The van der Waals surface area contributed by atoms with Gasteiger partial charge in [-0.1, -0.05) is 78.9 Å². The maximum atomic E-state index is 11.0. The fourth-order valence-electron chi connectivity index (χ4n) is 3.95. The van der Waals surface area contributed by atoms with Gasteiger partial charge in [0.05, 0.1) is 11.6 Å². The first kappa shape index (κ1) is 15.9. The lowest BCUT2D eigenvalue weighted by atomic mass is 9.87. The fraction of sp³-hybridized carbons (Fsp3) is 0.0833. The van der Waals surface area contributed by atoms with Gasteiger partial charge in [-0.05, 0) is 34.5 Å². The van der Waals surface area contributed by atoms with Crippen molar-refractivity contribution < 1.29 is 9.94 Å². The van der Waals surface area contributed by atoms with E-state index in [0.717, 1.165) is 22.3 Å². The van der Waals surface area contributed by atoms with Crippen molar-refractivity contribution in [3.63, 3.8) is 0 Å². The van der Waals surface area contributed by atoms with Gasteiger partial charge in [-0.3, -0.25) is 5.21 Å². The second-order valence-corrected chi connectivity index (χ2v) is 6.78. The first-order valence-electron chi connectivity index (χ1n) is 9.09. The largest absolute Gasteiger partial charge is 0.467 e. The SMILES string of the molecule is ON(c1ccccc1)[C@H]1Oc2ccc3ccccc3c2[C@@H]1c1ccccc1. The highest BCUT2D eigenvalue weighted by Crippen LogP contribution is 2.47. The van der Waals surface area contributed by atoms with Gasteiger partial charge in [0.25, 0.3) is 0 Å². The number of fused-ring (bicyclic) bond motifs is 3. The third-order valence-corrected chi connectivity index (χ3v) is 5.20. The van der Waals surface area contributed by atoms with E-state index in [4.69, 9.17) is 4.74 Å². The van der Waals surface area contributed by atoms with Gasteiger partial charge in [-0.25, -0.2) is 5.06 Å². The van der Waals surface area contributed by atoms with Gasteiger partial charge in [-0.2, -0.15) is 0 Å². The van der Waals surface area contributed by atoms with E-state index in [2.05, 4.69) is 30.3 Å². The number of anilines is 1. The van der Waals surface area contributed by atoms with E-state index in [9.17, 15) is 5.21 Å². The molecule has 1 heterocycles. The van der Waals surface area contributed by atoms with E-state index in [0.29, 0.717) is 5.69 Å². The van der Waals surface area contributed by atoms with Gasteiger partial charge in [0.15, 0.2) is 0 Å². The molecule has 0 unspecified atom stereocenters. The minimum Gasteiger partial charge on any atom is -0.467 e. The molecule has 3 nitrogen and oxygen atoms in total. The van der Waals surface area contributed by atoms with E-state index >= 15 is 0 Å². The number of nitrogens with zero attached hydrogens (tertiary/aromatic N) is 1. The standard InChI is InChI=1S/C24H19NO2/c26-25(19-12-5-2-6-13-19)24-22(18-10-3-1-4-11-18)23-20-14-8-7-9-17(20)15-16-21(23)27-24/h1-16,22,24,26H/t22-,24-/m0/s1. The molecule has 4 aromatic carbocycles. The average molecular weight is 353 g/mol. The lowest BCUT2D eigenvalue weighted by molar-refractivity contribution is 0.0920. The first-order chi connectivity index (χ1) is 13.3. The van der Waals surface area contributed by atoms with Crippen LogP contribution >= 0.6 is 0 Å². The van der Waals surface area contributed by atoms with Crippen LogP contribution in [0.1, 0.15) is 17.0 Å². The Hall–Kier alpha value is -3.30. The molecule has 1 aliphatic heterocycles. The molecule has 0 spiro atoms. The van der Waals surface area contributed by atoms with Crippen molar-refractivity contribution in [2.75, 3.05) is 5.06 Å². The molecule has 5 rings (SSSR count). The highest BCUT2D eigenvalue weighted by Gasteiger charge is 2.40. The molecule has 1 aliphatic rings. The minimum atomic E-state index is -0.532. The van der Waals surface area contributed by atoms with E-state index < -0.39 is 6.23 Å². The molecule has 1 N–H and O–H groups in total. The van der Waals surface area contributed by atoms with Crippen LogP contribution in [0.4, 0.5) is 5.69 Å². The second-order valence-electron chi connectivity index (χ2n) is 6.78. The molecular weight excluding hydrogens is 334 g/mol. The van der Waals surface area contributed by atoms with Crippen molar-refractivity contribution in [3.05, 3.63) is 108 Å². The van der Waals surface area contributed by atoms with Crippen LogP contribution in [0.3, 0.4) is 0 Å². The summed E-state index contributed by atoms with van der Waals surface area (Å²) in [5, 5.41) is 14.6. The Bertz CT molecular complexity index is 1080. The Morgan fingerprint density at radius 2 is 1.37 bits per heavy atom. The summed E-state index contributed by atoms with van der Waals surface area (Å²) < 4.78 is 6.27. The number of benzene rings is 4. The second kappa shape index (κ2) is 6.45. The van der Waals surface area contributed by atoms with Gasteiger partial charge in [0.1, 0.15) is 5.75 Å². The zero-order valence-electron chi connectivity index (χ0n) is 14.7. The lowest BCUT2D eigenvalue weighted by Crippen LogP contribution is -2.39. The van der Waals surface area contributed by atoms with Crippen LogP contribution in [-0.2, 0) is 0 Å². The Morgan fingerprint density at radius 1 is 0.704 bits per heavy atom. The van der Waals surface area contributed by atoms with Crippen molar-refractivity contribution in [3.8, 4) is 5.75 Å². The molecule has 2 atom stereocenters. The number of ether oxygens (including phenoxy) is 1. The molecule has 4 aromatic rings. The van der Waals surface area contributed by atoms with Gasteiger partial charge in [0, 0.05) is 5.56 Å². The molecule has 0 fully saturated rings. The smallest absolute Gasteiger partial charge is 0.206 e. The summed E-state index contributed by atoms with van der Waals surface area (Å²) in [7, 11) is 0. The summed E-state index contributed by atoms with van der Waals surface area (Å²) in [5.41, 5.74) is 2.95. The molecule has 3 heteroatoms. The molecule has 132 valence electrons. The van der Waals surface area contributed by atoms with Crippen LogP contribution in [0.5, 0.6) is 5.75 Å². The van der Waals surface area contributed by atoms with Crippen molar-refractivity contribution >= 4 is 16.5 Å². The first-order valence-corrected chi connectivity index (χ1v) is 9.09. The molecule has 0 amide bonds. The Balaban J connectivity index is 1.69. The molecule has 0 saturated carbocycles. The third-order valence-electron chi connectivity index (χ3n) is 5.20. The molecule has 0 aliphatic carbocycles. The van der Waals surface area contributed by atoms with Gasteiger partial charge in [-0.15, -0.1) is 0 Å². The van der Waals surface area contributed by atoms with E-state index in [1.54, 1.807) is 0 Å². The third kappa shape index (κ3) is 2.64. The van der Waals surface area contributed by atoms with E-state index in [-0.39, 0.29) is 5.92 Å². The molecule has 0 bridgehead atoms. The average Bonchev–Trinajstić information content (AvgIpc) is 3.14. The summed E-state index contributed by atoms with van der Waals surface area (Å²) >= 11 is 0. The predicted octanol–water partition coefficient (Wildman–Crippen LogP) is 5.59. The lowest BCUT2D eigenvalue weighted by Gasteiger charge is -2.28. The zero-order chi connectivity index (χ0) is 18.2. The van der Waals surface area contributed by atoms with Crippen molar-refractivity contribution in [2.24, 2.45) is 0 Å². The highest BCUT2D eigenvalue weighted by atomic mass is 16.6. The Labute approximate surface area is 158 Å². The maximum absolute atomic E-state index is 11.0. The Kier molecular flexibility index (Phi) is 3.80. The normalized spacial score (nSPS) is 18.1. The van der Waals surface area contributed by atoms with Crippen LogP contribution in [0, 0.1) is 0 Å². The fourth-order valence-corrected chi connectivity index (χ4v) is 3.95. The highest BCUT2D eigenvalue weighted by molar-refractivity contribution is 5.89. The summed E-state index contributed by atoms with van der Waals surface area (Å²) in [6.45, 7) is 0. The van der Waals surface area contributed by atoms with E-state index in [1.165, 1.54) is 10.4 Å². The number of para-hydroxylation sites is 1. The predicted molar refractivity (Wildman–Crippen MR) is 107 cm³/mol. The monoisotopic (exact) mass is 353 g/mol. The molecular formula is C24H19NO2. The zero-order valence-corrected chi connectivity index (χ0v) is 14.7. The van der Waals surface area contributed by atoms with E-state index in [1.807, 2.05) is 66.7 Å². The van der Waals surface area contributed by atoms with Crippen LogP contribution in [-0.4, -0.2) is 11.4 Å². The van der Waals surface area contributed by atoms with Crippen molar-refractivity contribution in [1.82, 2.24) is 0 Å². The van der Waals surface area contributed by atoms with Crippen LogP contribution in [0.25, 0.3) is 10.8 Å². The van der Waals surface area contributed by atoms with Crippen LogP contribution in [0.15, 0.2) is 97.1 Å². The number of hydrogen-bond acceptors (Lipinski definition) is 3. The summed E-state index contributed by atoms with van der Waals surface area (Å²) in [5.74, 6) is 0.722. The molecule has 27 heavy (non-hydrogen) atoms. The minimum absolute atomic E-state index is 0.0995. The van der Waals surface area contributed by atoms with Crippen molar-refractivity contribution in [1.29, 1.82) is 0 Å².